The molecular weight excluding hydrogens is 408 g/mol. The Labute approximate surface area is 139 Å². The lowest BCUT2D eigenvalue weighted by atomic mass is 10.2. The first-order valence-corrected chi connectivity index (χ1v) is 7.51. The molecule has 0 aliphatic carbocycles. The van der Waals surface area contributed by atoms with Crippen LogP contribution >= 0.6 is 31.9 Å². The zero-order chi connectivity index (χ0) is 16.2. The predicted octanol–water partition coefficient (Wildman–Crippen LogP) is 3.78. The SMILES string of the molecule is COc1cc(Br)c(Br)c(C=NNC(=O)OC(C)(C)C)c1O. The maximum absolute atomic E-state index is 11.5. The summed E-state index contributed by atoms with van der Waals surface area (Å²) < 4.78 is 11.3. The minimum atomic E-state index is -0.684. The van der Waals surface area contributed by atoms with Crippen molar-refractivity contribution in [3.63, 3.8) is 0 Å². The topological polar surface area (TPSA) is 80.2 Å². The zero-order valence-electron chi connectivity index (χ0n) is 12.0. The fourth-order valence-electron chi connectivity index (χ4n) is 1.34. The molecule has 0 aromatic heterocycles. The van der Waals surface area contributed by atoms with Crippen LogP contribution in [0.5, 0.6) is 11.5 Å². The van der Waals surface area contributed by atoms with E-state index in [0.717, 1.165) is 0 Å². The fourth-order valence-corrected chi connectivity index (χ4v) is 2.16. The van der Waals surface area contributed by atoms with E-state index in [1.165, 1.54) is 13.3 Å². The summed E-state index contributed by atoms with van der Waals surface area (Å²) in [7, 11) is 1.44. The van der Waals surface area contributed by atoms with Gasteiger partial charge in [-0.1, -0.05) is 0 Å². The Morgan fingerprint density at radius 3 is 2.57 bits per heavy atom. The lowest BCUT2D eigenvalue weighted by Gasteiger charge is -2.18. The number of rotatable bonds is 3. The van der Waals surface area contributed by atoms with Crippen LogP contribution in [0.1, 0.15) is 26.3 Å². The molecule has 0 saturated heterocycles. The zero-order valence-corrected chi connectivity index (χ0v) is 15.2. The van der Waals surface area contributed by atoms with Gasteiger partial charge in [-0.2, -0.15) is 5.10 Å². The van der Waals surface area contributed by atoms with Gasteiger partial charge in [0.1, 0.15) is 5.60 Å². The lowest BCUT2D eigenvalue weighted by Crippen LogP contribution is -2.29. The second kappa shape index (κ2) is 7.13. The third-order valence-electron chi connectivity index (χ3n) is 2.16. The molecule has 0 radical (unpaired) electrons. The highest BCUT2D eigenvalue weighted by atomic mass is 79.9. The van der Waals surface area contributed by atoms with Crippen LogP contribution in [-0.4, -0.2) is 30.1 Å². The van der Waals surface area contributed by atoms with Crippen LogP contribution < -0.4 is 10.2 Å². The second-order valence-corrected chi connectivity index (χ2v) is 6.66. The summed E-state index contributed by atoms with van der Waals surface area (Å²) in [6, 6.07) is 1.61. The maximum Gasteiger partial charge on any atom is 0.428 e. The molecule has 0 fully saturated rings. The molecule has 116 valence electrons. The molecule has 0 saturated carbocycles. The van der Waals surface area contributed by atoms with Crippen LogP contribution in [0.4, 0.5) is 4.79 Å². The predicted molar refractivity (Wildman–Crippen MR) is 87.0 cm³/mol. The summed E-state index contributed by atoms with van der Waals surface area (Å²) in [5.41, 5.74) is 1.97. The van der Waals surface area contributed by atoms with Crippen LogP contribution in [0.3, 0.4) is 0 Å². The Bertz CT molecular complexity index is 568. The van der Waals surface area contributed by atoms with Gasteiger partial charge in [0.2, 0.25) is 0 Å². The van der Waals surface area contributed by atoms with Crippen molar-refractivity contribution in [3.8, 4) is 11.5 Å². The third-order valence-corrected chi connectivity index (χ3v) is 4.17. The van der Waals surface area contributed by atoms with Crippen molar-refractivity contribution in [2.45, 2.75) is 26.4 Å². The molecule has 0 aliphatic rings. The van der Waals surface area contributed by atoms with Gasteiger partial charge in [0.15, 0.2) is 11.5 Å². The summed E-state index contributed by atoms with van der Waals surface area (Å²) in [5.74, 6) is 0.186. The maximum atomic E-state index is 11.5. The second-order valence-electron chi connectivity index (χ2n) is 5.01. The molecule has 0 atom stereocenters. The van der Waals surface area contributed by atoms with Gasteiger partial charge in [0.25, 0.3) is 0 Å². The number of hydrogen-bond donors (Lipinski definition) is 2. The highest BCUT2D eigenvalue weighted by Gasteiger charge is 2.16. The lowest BCUT2D eigenvalue weighted by molar-refractivity contribution is 0.0529. The van der Waals surface area contributed by atoms with E-state index in [-0.39, 0.29) is 11.5 Å². The molecule has 2 N–H and O–H groups in total. The number of phenols is 1. The molecule has 8 heteroatoms. The van der Waals surface area contributed by atoms with Gasteiger partial charge in [-0.25, -0.2) is 10.2 Å². The first-order valence-electron chi connectivity index (χ1n) is 5.92. The Hall–Kier alpha value is -1.28. The molecule has 1 aromatic carbocycles. The van der Waals surface area contributed by atoms with E-state index in [1.807, 2.05) is 0 Å². The Morgan fingerprint density at radius 2 is 2.05 bits per heavy atom. The molecule has 1 aromatic rings. The number of aromatic hydroxyl groups is 1. The van der Waals surface area contributed by atoms with Crippen molar-refractivity contribution in [2.75, 3.05) is 7.11 Å². The van der Waals surface area contributed by atoms with E-state index < -0.39 is 11.7 Å². The van der Waals surface area contributed by atoms with Crippen molar-refractivity contribution in [2.24, 2.45) is 5.10 Å². The first kappa shape index (κ1) is 17.8. The van der Waals surface area contributed by atoms with Gasteiger partial charge < -0.3 is 14.6 Å². The highest BCUT2D eigenvalue weighted by molar-refractivity contribution is 9.13. The average molecular weight is 424 g/mol. The van der Waals surface area contributed by atoms with Crippen molar-refractivity contribution in [1.82, 2.24) is 5.43 Å². The fraction of sp³-hybridized carbons (Fsp3) is 0.385. The monoisotopic (exact) mass is 422 g/mol. The molecular formula is C13H16Br2N2O4. The quantitative estimate of drug-likeness (QED) is 0.572. The van der Waals surface area contributed by atoms with Gasteiger partial charge in [-0.3, -0.25) is 0 Å². The standard InChI is InChI=1S/C13H16Br2N2O4/c1-13(2,3)21-12(19)17-16-6-7-10(15)8(14)5-9(20-4)11(7)18/h5-6,18H,1-4H3,(H,17,19). The number of methoxy groups -OCH3 is 1. The van der Waals surface area contributed by atoms with Crippen LogP contribution in [0.25, 0.3) is 0 Å². The van der Waals surface area contributed by atoms with Crippen LogP contribution in [0.2, 0.25) is 0 Å². The Kier molecular flexibility index (Phi) is 6.03. The number of nitrogens with one attached hydrogen (secondary N) is 1. The number of hydrazone groups is 1. The molecule has 0 bridgehead atoms. The number of ether oxygens (including phenoxy) is 2. The third kappa shape index (κ3) is 5.20. The number of nitrogens with zero attached hydrogens (tertiary/aromatic N) is 1. The van der Waals surface area contributed by atoms with Gasteiger partial charge in [0, 0.05) is 8.95 Å². The molecule has 0 unspecified atom stereocenters. The smallest absolute Gasteiger partial charge is 0.428 e. The van der Waals surface area contributed by atoms with E-state index in [2.05, 4.69) is 42.4 Å². The van der Waals surface area contributed by atoms with Gasteiger partial charge in [0.05, 0.1) is 18.9 Å². The number of carbonyl (C=O) groups is 1. The molecule has 1 amide bonds. The normalized spacial score (nSPS) is 11.5. The average Bonchev–Trinajstić information content (AvgIpc) is 2.35. The largest absolute Gasteiger partial charge is 0.504 e. The van der Waals surface area contributed by atoms with E-state index in [0.29, 0.717) is 14.5 Å². The highest BCUT2D eigenvalue weighted by Crippen LogP contribution is 2.39. The number of halogens is 2. The number of hydrogen-bond acceptors (Lipinski definition) is 5. The summed E-state index contributed by atoms with van der Waals surface area (Å²) in [4.78, 5) is 11.5. The summed E-state index contributed by atoms with van der Waals surface area (Å²) in [6.45, 7) is 5.24. The van der Waals surface area contributed by atoms with Crippen molar-refractivity contribution < 1.29 is 19.4 Å². The van der Waals surface area contributed by atoms with Crippen molar-refractivity contribution >= 4 is 44.2 Å². The molecule has 21 heavy (non-hydrogen) atoms. The van der Waals surface area contributed by atoms with Gasteiger partial charge >= 0.3 is 6.09 Å². The Morgan fingerprint density at radius 1 is 1.43 bits per heavy atom. The minimum Gasteiger partial charge on any atom is -0.504 e. The van der Waals surface area contributed by atoms with E-state index in [9.17, 15) is 9.90 Å². The van der Waals surface area contributed by atoms with Gasteiger partial charge in [-0.05, 0) is 58.7 Å². The van der Waals surface area contributed by atoms with E-state index in [4.69, 9.17) is 9.47 Å². The van der Waals surface area contributed by atoms with E-state index in [1.54, 1.807) is 26.8 Å². The van der Waals surface area contributed by atoms with Crippen LogP contribution in [-0.2, 0) is 4.74 Å². The van der Waals surface area contributed by atoms with Gasteiger partial charge in [-0.15, -0.1) is 0 Å². The number of carbonyl (C=O) groups excluding carboxylic acids is 1. The summed E-state index contributed by atoms with van der Waals surface area (Å²) in [5, 5.41) is 13.8. The molecule has 6 nitrogen and oxygen atoms in total. The number of benzene rings is 1. The molecule has 1 rings (SSSR count). The molecule has 0 heterocycles. The number of phenolic OH excluding ortho intramolecular Hbond substituents is 1. The summed E-state index contributed by atoms with van der Waals surface area (Å²) >= 11 is 6.63. The van der Waals surface area contributed by atoms with Crippen LogP contribution in [0.15, 0.2) is 20.1 Å². The number of amides is 1. The van der Waals surface area contributed by atoms with Crippen molar-refractivity contribution in [1.29, 1.82) is 0 Å². The first-order chi connectivity index (χ1) is 9.65. The molecule has 0 aliphatic heterocycles. The summed E-state index contributed by atoms with van der Waals surface area (Å²) in [6.07, 6.45) is 0.604. The van der Waals surface area contributed by atoms with E-state index >= 15 is 0 Å². The van der Waals surface area contributed by atoms with Crippen molar-refractivity contribution in [3.05, 3.63) is 20.6 Å². The Balaban J connectivity index is 2.91. The molecule has 0 spiro atoms. The van der Waals surface area contributed by atoms with Crippen LogP contribution in [0, 0.1) is 0 Å². The minimum absolute atomic E-state index is 0.0951.